The molecule has 3 heteroatoms. The second kappa shape index (κ2) is 5.57. The summed E-state index contributed by atoms with van der Waals surface area (Å²) in [6.45, 7) is 1.73. The highest BCUT2D eigenvalue weighted by Gasteiger charge is 2.45. The molecule has 1 saturated heterocycles. The number of aliphatic hydroxyl groups is 1. The lowest BCUT2D eigenvalue weighted by molar-refractivity contribution is -0.136. The zero-order chi connectivity index (χ0) is 14.0. The molecule has 2 fully saturated rings. The molecule has 3 nitrogen and oxygen atoms in total. The van der Waals surface area contributed by atoms with Gasteiger partial charge in [-0.05, 0) is 24.8 Å². The third-order valence-corrected chi connectivity index (χ3v) is 5.02. The number of hydrogen-bond acceptors (Lipinski definition) is 2. The smallest absolute Gasteiger partial charge is 0.233 e. The number of aliphatic hydroxyl groups excluding tert-OH is 1. The molecule has 1 saturated carbocycles. The van der Waals surface area contributed by atoms with E-state index in [-0.39, 0.29) is 23.8 Å². The lowest BCUT2D eigenvalue weighted by Gasteiger charge is -2.33. The van der Waals surface area contributed by atoms with Crippen LogP contribution in [0.3, 0.4) is 0 Å². The minimum absolute atomic E-state index is 0.197. The Balaban J connectivity index is 1.86. The molecule has 0 radical (unpaired) electrons. The van der Waals surface area contributed by atoms with Gasteiger partial charge in [-0.2, -0.15) is 0 Å². The predicted molar refractivity (Wildman–Crippen MR) is 78.4 cm³/mol. The highest BCUT2D eigenvalue weighted by Crippen LogP contribution is 2.43. The fraction of sp³-hybridized carbons (Fsp3) is 0.588. The van der Waals surface area contributed by atoms with E-state index in [1.165, 1.54) is 5.56 Å². The van der Waals surface area contributed by atoms with Crippen LogP contribution in [0.5, 0.6) is 0 Å². The fourth-order valence-electron chi connectivity index (χ4n) is 3.83. The summed E-state index contributed by atoms with van der Waals surface area (Å²) in [6, 6.07) is 10.3. The van der Waals surface area contributed by atoms with Gasteiger partial charge in [0.05, 0.1) is 5.41 Å². The Bertz CT molecular complexity index is 465. The molecule has 3 rings (SSSR count). The van der Waals surface area contributed by atoms with Crippen molar-refractivity contribution in [3.05, 3.63) is 35.9 Å². The number of rotatable bonds is 3. The van der Waals surface area contributed by atoms with Crippen molar-refractivity contribution in [3.8, 4) is 0 Å². The number of carbonyl (C=O) groups is 1. The van der Waals surface area contributed by atoms with Crippen molar-refractivity contribution in [2.24, 2.45) is 5.92 Å². The van der Waals surface area contributed by atoms with Crippen molar-refractivity contribution < 1.29 is 9.90 Å². The van der Waals surface area contributed by atoms with Crippen molar-refractivity contribution in [1.82, 2.24) is 4.90 Å². The van der Waals surface area contributed by atoms with Crippen molar-refractivity contribution >= 4 is 5.91 Å². The maximum Gasteiger partial charge on any atom is 0.233 e. The molecule has 0 bridgehead atoms. The predicted octanol–water partition coefficient (Wildman–Crippen LogP) is 2.34. The third kappa shape index (κ3) is 2.24. The van der Waals surface area contributed by atoms with Gasteiger partial charge in [-0.3, -0.25) is 4.79 Å². The Morgan fingerprint density at radius 2 is 1.95 bits per heavy atom. The zero-order valence-corrected chi connectivity index (χ0v) is 11.9. The van der Waals surface area contributed by atoms with Crippen LogP contribution in [-0.2, 0) is 10.2 Å². The Morgan fingerprint density at radius 1 is 1.25 bits per heavy atom. The molecular formula is C17H23NO2. The highest BCUT2D eigenvalue weighted by atomic mass is 16.3. The summed E-state index contributed by atoms with van der Waals surface area (Å²) >= 11 is 0. The Hall–Kier alpha value is -1.35. The first-order chi connectivity index (χ1) is 9.76. The first-order valence-electron chi connectivity index (χ1n) is 7.72. The minimum atomic E-state index is -0.300. The number of benzene rings is 1. The Morgan fingerprint density at radius 3 is 2.55 bits per heavy atom. The van der Waals surface area contributed by atoms with Crippen molar-refractivity contribution in [3.63, 3.8) is 0 Å². The van der Waals surface area contributed by atoms with Crippen molar-refractivity contribution in [2.45, 2.75) is 37.5 Å². The molecule has 1 aromatic rings. The molecule has 1 aliphatic carbocycles. The lowest BCUT2D eigenvalue weighted by atomic mass is 9.77. The summed E-state index contributed by atoms with van der Waals surface area (Å²) in [5, 5.41) is 9.27. The van der Waals surface area contributed by atoms with Crippen molar-refractivity contribution in [2.75, 3.05) is 19.7 Å². The van der Waals surface area contributed by atoms with E-state index >= 15 is 0 Å². The van der Waals surface area contributed by atoms with Crippen LogP contribution in [0.1, 0.15) is 37.7 Å². The monoisotopic (exact) mass is 273 g/mol. The van der Waals surface area contributed by atoms with Crippen LogP contribution in [0.2, 0.25) is 0 Å². The summed E-state index contributed by atoms with van der Waals surface area (Å²) in [5.74, 6) is 0.560. The largest absolute Gasteiger partial charge is 0.396 e. The first-order valence-corrected chi connectivity index (χ1v) is 7.72. The number of carbonyl (C=O) groups excluding carboxylic acids is 1. The number of amides is 1. The molecule has 1 heterocycles. The molecule has 1 N–H and O–H groups in total. The topological polar surface area (TPSA) is 40.5 Å². The van der Waals surface area contributed by atoms with Gasteiger partial charge in [-0.25, -0.2) is 0 Å². The van der Waals surface area contributed by atoms with E-state index in [1.54, 1.807) is 0 Å². The molecule has 1 aliphatic heterocycles. The van der Waals surface area contributed by atoms with Crippen LogP contribution in [0.4, 0.5) is 0 Å². The van der Waals surface area contributed by atoms with Crippen molar-refractivity contribution in [1.29, 1.82) is 0 Å². The third-order valence-electron chi connectivity index (χ3n) is 5.02. The molecule has 1 amide bonds. The lowest BCUT2D eigenvalue weighted by Crippen LogP contribution is -2.44. The van der Waals surface area contributed by atoms with E-state index in [1.807, 2.05) is 23.1 Å². The van der Waals surface area contributed by atoms with Gasteiger partial charge in [0, 0.05) is 25.6 Å². The molecule has 0 aromatic heterocycles. The van der Waals surface area contributed by atoms with Crippen LogP contribution in [-0.4, -0.2) is 35.6 Å². The number of hydrogen-bond donors (Lipinski definition) is 1. The van der Waals surface area contributed by atoms with E-state index in [0.717, 1.165) is 45.2 Å². The highest BCUT2D eigenvalue weighted by molar-refractivity contribution is 5.88. The second-order valence-corrected chi connectivity index (χ2v) is 6.24. The maximum absolute atomic E-state index is 13.1. The van der Waals surface area contributed by atoms with Gasteiger partial charge in [-0.1, -0.05) is 43.2 Å². The van der Waals surface area contributed by atoms with E-state index in [9.17, 15) is 9.90 Å². The van der Waals surface area contributed by atoms with Crippen LogP contribution in [0.25, 0.3) is 0 Å². The van der Waals surface area contributed by atoms with Crippen LogP contribution < -0.4 is 0 Å². The summed E-state index contributed by atoms with van der Waals surface area (Å²) in [4.78, 5) is 15.1. The molecule has 20 heavy (non-hydrogen) atoms. The molecule has 0 spiro atoms. The average Bonchev–Trinajstić information content (AvgIpc) is 3.17. The van der Waals surface area contributed by atoms with Gasteiger partial charge >= 0.3 is 0 Å². The standard InChI is InChI=1S/C17H23NO2/c19-13-14-8-11-18(12-14)16(20)17(9-4-5-10-17)15-6-2-1-3-7-15/h1-3,6-7,14,19H,4-5,8-13H2. The molecule has 1 atom stereocenters. The van der Waals surface area contributed by atoms with Crippen LogP contribution in [0, 0.1) is 5.92 Å². The van der Waals surface area contributed by atoms with Gasteiger partial charge in [-0.15, -0.1) is 0 Å². The van der Waals surface area contributed by atoms with Gasteiger partial charge in [0.15, 0.2) is 0 Å². The quantitative estimate of drug-likeness (QED) is 0.918. The average molecular weight is 273 g/mol. The Kier molecular flexibility index (Phi) is 3.79. The first kappa shape index (κ1) is 13.6. The van der Waals surface area contributed by atoms with Crippen LogP contribution >= 0.6 is 0 Å². The van der Waals surface area contributed by atoms with E-state index < -0.39 is 0 Å². The maximum atomic E-state index is 13.1. The van der Waals surface area contributed by atoms with E-state index in [0.29, 0.717) is 0 Å². The minimum Gasteiger partial charge on any atom is -0.396 e. The number of likely N-dealkylation sites (tertiary alicyclic amines) is 1. The van der Waals surface area contributed by atoms with E-state index in [4.69, 9.17) is 0 Å². The van der Waals surface area contributed by atoms with Gasteiger partial charge < -0.3 is 10.0 Å². The van der Waals surface area contributed by atoms with Gasteiger partial charge in [0.2, 0.25) is 5.91 Å². The summed E-state index contributed by atoms with van der Waals surface area (Å²) < 4.78 is 0. The molecule has 108 valence electrons. The summed E-state index contributed by atoms with van der Waals surface area (Å²) in [6.07, 6.45) is 5.15. The Labute approximate surface area is 120 Å². The zero-order valence-electron chi connectivity index (χ0n) is 11.9. The summed E-state index contributed by atoms with van der Waals surface area (Å²) in [7, 11) is 0. The molecular weight excluding hydrogens is 250 g/mol. The number of nitrogens with zero attached hydrogens (tertiary/aromatic N) is 1. The van der Waals surface area contributed by atoms with Gasteiger partial charge in [0.25, 0.3) is 0 Å². The summed E-state index contributed by atoms with van der Waals surface area (Å²) in [5.41, 5.74) is 0.876. The van der Waals surface area contributed by atoms with Crippen LogP contribution in [0.15, 0.2) is 30.3 Å². The van der Waals surface area contributed by atoms with Gasteiger partial charge in [0.1, 0.15) is 0 Å². The molecule has 1 aromatic carbocycles. The fourth-order valence-corrected chi connectivity index (χ4v) is 3.83. The SMILES string of the molecule is O=C(N1CCC(CO)C1)C1(c2ccccc2)CCCC1. The molecule has 1 unspecified atom stereocenters. The van der Waals surface area contributed by atoms with E-state index in [2.05, 4.69) is 12.1 Å². The normalized spacial score (nSPS) is 25.1. The molecule has 2 aliphatic rings. The second-order valence-electron chi connectivity index (χ2n) is 6.24.